The summed E-state index contributed by atoms with van der Waals surface area (Å²) >= 11 is 0. The number of aryl methyl sites for hydroxylation is 1. The van der Waals surface area contributed by atoms with Crippen molar-refractivity contribution in [1.29, 1.82) is 0 Å². The van der Waals surface area contributed by atoms with Crippen LogP contribution in [-0.2, 0) is 16.6 Å². The Balaban J connectivity index is 1.66. The van der Waals surface area contributed by atoms with Gasteiger partial charge in [-0.05, 0) is 32.0 Å². The average molecular weight is 403 g/mol. The van der Waals surface area contributed by atoms with Crippen molar-refractivity contribution in [3.05, 3.63) is 59.2 Å². The molecule has 1 saturated heterocycles. The molecule has 0 spiro atoms. The van der Waals surface area contributed by atoms with Crippen molar-refractivity contribution in [3.63, 3.8) is 0 Å². The first-order valence-corrected chi connectivity index (χ1v) is 10.7. The molecular weight excluding hydrogens is 376 g/mol. The molecule has 1 aliphatic heterocycles. The molecule has 0 atom stereocenters. The van der Waals surface area contributed by atoms with Crippen LogP contribution in [0.15, 0.2) is 47.4 Å². The normalized spacial score (nSPS) is 16.1. The lowest BCUT2D eigenvalue weighted by Gasteiger charge is -2.34. The van der Waals surface area contributed by atoms with Crippen LogP contribution >= 0.6 is 0 Å². The maximum atomic E-state index is 12.9. The van der Waals surface area contributed by atoms with Crippen LogP contribution in [0.25, 0.3) is 0 Å². The van der Waals surface area contributed by atoms with Crippen molar-refractivity contribution in [2.45, 2.75) is 25.3 Å². The molecule has 0 aliphatic carbocycles. The predicted molar refractivity (Wildman–Crippen MR) is 108 cm³/mol. The molecule has 0 radical (unpaired) electrons. The van der Waals surface area contributed by atoms with Crippen molar-refractivity contribution in [2.75, 3.05) is 33.3 Å². The fourth-order valence-electron chi connectivity index (χ4n) is 3.41. The molecule has 0 bridgehead atoms. The van der Waals surface area contributed by atoms with E-state index in [1.54, 1.807) is 19.2 Å². The highest BCUT2D eigenvalue weighted by Crippen LogP contribution is 2.23. The summed E-state index contributed by atoms with van der Waals surface area (Å²) in [6.45, 7) is 6.42. The smallest absolute Gasteiger partial charge is 0.243 e. The lowest BCUT2D eigenvalue weighted by atomic mass is 10.1. The number of rotatable bonds is 6. The molecule has 1 fully saturated rings. The van der Waals surface area contributed by atoms with E-state index in [0.29, 0.717) is 31.7 Å². The molecular formula is C21H26N2O4S. The first kappa shape index (κ1) is 20.5. The number of sulfonamides is 1. The molecule has 28 heavy (non-hydrogen) atoms. The van der Waals surface area contributed by atoms with Crippen LogP contribution in [0.3, 0.4) is 0 Å². The molecule has 1 aliphatic rings. The highest BCUT2D eigenvalue weighted by molar-refractivity contribution is 7.89. The number of Topliss-reactive ketones (excluding diaryl/α,β-unsaturated/α-hetero) is 1. The van der Waals surface area contributed by atoms with Gasteiger partial charge in [0.1, 0.15) is 5.75 Å². The van der Waals surface area contributed by atoms with Gasteiger partial charge < -0.3 is 4.74 Å². The molecule has 0 unspecified atom stereocenters. The van der Waals surface area contributed by atoms with Gasteiger partial charge in [0.2, 0.25) is 10.0 Å². The maximum absolute atomic E-state index is 12.9. The zero-order valence-electron chi connectivity index (χ0n) is 16.5. The molecule has 7 heteroatoms. The number of carbonyl (C=O) groups is 1. The summed E-state index contributed by atoms with van der Waals surface area (Å²) in [5, 5.41) is 0. The number of carbonyl (C=O) groups excluding carboxylic acids is 1. The van der Waals surface area contributed by atoms with Crippen LogP contribution in [0.1, 0.15) is 28.4 Å². The fourth-order valence-corrected chi connectivity index (χ4v) is 4.83. The molecule has 1 heterocycles. The summed E-state index contributed by atoms with van der Waals surface area (Å²) in [5.41, 5.74) is 2.79. The third-order valence-electron chi connectivity index (χ3n) is 5.06. The Morgan fingerprint density at radius 1 is 1.04 bits per heavy atom. The highest BCUT2D eigenvalue weighted by Gasteiger charge is 2.28. The minimum Gasteiger partial charge on any atom is -0.496 e. The number of ether oxygens (including phenoxy) is 1. The molecule has 0 N–H and O–H groups in total. The summed E-state index contributed by atoms with van der Waals surface area (Å²) < 4.78 is 32.7. The van der Waals surface area contributed by atoms with Gasteiger partial charge in [-0.3, -0.25) is 9.69 Å². The summed E-state index contributed by atoms with van der Waals surface area (Å²) in [5.74, 6) is 0.773. The van der Waals surface area contributed by atoms with Gasteiger partial charge in [-0.1, -0.05) is 29.8 Å². The molecule has 0 aromatic heterocycles. The van der Waals surface area contributed by atoms with Crippen molar-refractivity contribution >= 4 is 15.8 Å². The monoisotopic (exact) mass is 402 g/mol. The average Bonchev–Trinajstić information content (AvgIpc) is 2.68. The van der Waals surface area contributed by atoms with Gasteiger partial charge in [-0.15, -0.1) is 0 Å². The van der Waals surface area contributed by atoms with Gasteiger partial charge in [-0.2, -0.15) is 4.31 Å². The first-order valence-electron chi connectivity index (χ1n) is 9.28. The Morgan fingerprint density at radius 3 is 2.25 bits per heavy atom. The fraction of sp³-hybridized carbons (Fsp3) is 0.381. The third kappa shape index (κ3) is 4.43. The zero-order valence-corrected chi connectivity index (χ0v) is 17.3. The Labute approximate surface area is 166 Å². The minimum absolute atomic E-state index is 0.0795. The highest BCUT2D eigenvalue weighted by atomic mass is 32.2. The van der Waals surface area contributed by atoms with Gasteiger partial charge >= 0.3 is 0 Å². The molecule has 150 valence electrons. The van der Waals surface area contributed by atoms with Gasteiger partial charge in [0.15, 0.2) is 5.78 Å². The molecule has 2 aromatic carbocycles. The predicted octanol–water partition coefficient (Wildman–Crippen LogP) is 2.71. The number of ketones is 1. The van der Waals surface area contributed by atoms with E-state index >= 15 is 0 Å². The molecule has 6 nitrogen and oxygen atoms in total. The van der Waals surface area contributed by atoms with Crippen molar-refractivity contribution in [1.82, 2.24) is 9.21 Å². The second-order valence-corrected chi connectivity index (χ2v) is 9.01. The second-order valence-electron chi connectivity index (χ2n) is 7.08. The third-order valence-corrected chi connectivity index (χ3v) is 6.97. The number of benzene rings is 2. The van der Waals surface area contributed by atoms with Crippen LogP contribution in [0, 0.1) is 6.92 Å². The number of nitrogens with zero attached hydrogens (tertiary/aromatic N) is 2. The van der Waals surface area contributed by atoms with Crippen molar-refractivity contribution in [2.24, 2.45) is 0 Å². The van der Waals surface area contributed by atoms with E-state index in [-0.39, 0.29) is 10.7 Å². The Hall–Kier alpha value is -2.22. The lowest BCUT2D eigenvalue weighted by Crippen LogP contribution is -2.48. The van der Waals surface area contributed by atoms with Crippen LogP contribution in [-0.4, -0.2) is 56.7 Å². The first-order chi connectivity index (χ1) is 13.3. The van der Waals surface area contributed by atoms with E-state index in [1.165, 1.54) is 28.9 Å². The van der Waals surface area contributed by atoms with Crippen LogP contribution in [0.2, 0.25) is 0 Å². The van der Waals surface area contributed by atoms with Gasteiger partial charge in [-0.25, -0.2) is 8.42 Å². The Morgan fingerprint density at radius 2 is 1.68 bits per heavy atom. The zero-order chi connectivity index (χ0) is 20.3. The lowest BCUT2D eigenvalue weighted by molar-refractivity contribution is 0.101. The summed E-state index contributed by atoms with van der Waals surface area (Å²) in [6, 6.07) is 12.2. The standard InChI is InChI=1S/C21H26N2O4S/c1-16-4-9-21(27-3)19(14-16)15-22-10-12-23(13-11-22)28(25,26)20-7-5-18(6-8-20)17(2)24/h4-9,14H,10-13,15H2,1-3H3. The van der Waals surface area contributed by atoms with E-state index in [0.717, 1.165) is 17.9 Å². The van der Waals surface area contributed by atoms with Crippen LogP contribution in [0.4, 0.5) is 0 Å². The maximum Gasteiger partial charge on any atom is 0.243 e. The number of methoxy groups -OCH3 is 1. The Kier molecular flexibility index (Phi) is 6.17. The quantitative estimate of drug-likeness (QED) is 0.695. The van der Waals surface area contributed by atoms with Gasteiger partial charge in [0, 0.05) is 43.9 Å². The number of hydrogen-bond donors (Lipinski definition) is 0. The summed E-state index contributed by atoms with van der Waals surface area (Å²) in [4.78, 5) is 13.9. The van der Waals surface area contributed by atoms with Crippen molar-refractivity contribution in [3.8, 4) is 5.75 Å². The van der Waals surface area contributed by atoms with E-state index in [1.807, 2.05) is 19.1 Å². The number of hydrogen-bond acceptors (Lipinski definition) is 5. The SMILES string of the molecule is COc1ccc(C)cc1CN1CCN(S(=O)(=O)c2ccc(C(C)=O)cc2)CC1. The number of piperazine rings is 1. The van der Waals surface area contributed by atoms with Gasteiger partial charge in [0.25, 0.3) is 0 Å². The molecule has 0 saturated carbocycles. The topological polar surface area (TPSA) is 66.9 Å². The largest absolute Gasteiger partial charge is 0.496 e. The van der Waals surface area contributed by atoms with E-state index in [2.05, 4.69) is 11.0 Å². The molecule has 0 amide bonds. The second kappa shape index (κ2) is 8.43. The summed E-state index contributed by atoms with van der Waals surface area (Å²) in [6.07, 6.45) is 0. The van der Waals surface area contributed by atoms with E-state index in [9.17, 15) is 13.2 Å². The van der Waals surface area contributed by atoms with E-state index < -0.39 is 10.0 Å². The molecule has 3 rings (SSSR count). The minimum atomic E-state index is -3.55. The van der Waals surface area contributed by atoms with Crippen molar-refractivity contribution < 1.29 is 17.9 Å². The van der Waals surface area contributed by atoms with Crippen LogP contribution in [0.5, 0.6) is 5.75 Å². The van der Waals surface area contributed by atoms with Crippen LogP contribution < -0.4 is 4.74 Å². The summed E-state index contributed by atoms with van der Waals surface area (Å²) in [7, 11) is -1.89. The van der Waals surface area contributed by atoms with E-state index in [4.69, 9.17) is 4.74 Å². The Bertz CT molecular complexity index is 947. The van der Waals surface area contributed by atoms with Gasteiger partial charge in [0.05, 0.1) is 12.0 Å². The molecule has 2 aromatic rings.